The molecular formula is C8H9ClN4O2S2. The highest BCUT2D eigenvalue weighted by molar-refractivity contribution is 8.01. The van der Waals surface area contributed by atoms with Crippen LogP contribution in [0.1, 0.15) is 5.89 Å². The van der Waals surface area contributed by atoms with E-state index in [9.17, 15) is 4.79 Å². The summed E-state index contributed by atoms with van der Waals surface area (Å²) < 4.78 is 5.61. The second kappa shape index (κ2) is 5.99. The number of hydrogen-bond acceptors (Lipinski definition) is 7. The van der Waals surface area contributed by atoms with Crippen molar-refractivity contribution >= 4 is 41.4 Å². The van der Waals surface area contributed by atoms with Crippen LogP contribution in [-0.2, 0) is 4.79 Å². The summed E-state index contributed by atoms with van der Waals surface area (Å²) in [6, 6.07) is 0. The molecule has 0 aromatic carbocycles. The lowest BCUT2D eigenvalue weighted by atomic mass is 10.5. The number of hydrogen-bond donors (Lipinski definition) is 1. The summed E-state index contributed by atoms with van der Waals surface area (Å²) >= 11 is 2.72. The molecule has 92 valence electrons. The number of amides is 1. The third-order valence-corrected chi connectivity index (χ3v) is 3.62. The van der Waals surface area contributed by atoms with Gasteiger partial charge in [0.1, 0.15) is 5.69 Å². The Kier molecular flexibility index (Phi) is 4.91. The highest BCUT2D eigenvalue weighted by atomic mass is 35.5. The molecule has 9 heteroatoms. The van der Waals surface area contributed by atoms with Gasteiger partial charge in [-0.05, 0) is 0 Å². The van der Waals surface area contributed by atoms with Crippen molar-refractivity contribution < 1.29 is 9.32 Å². The number of thioether (sulfide) groups is 1. The van der Waals surface area contributed by atoms with Crippen LogP contribution in [0.5, 0.6) is 0 Å². The summed E-state index contributed by atoms with van der Waals surface area (Å²) in [5.74, 6) is 0.810. The highest BCUT2D eigenvalue weighted by Crippen LogP contribution is 2.26. The van der Waals surface area contributed by atoms with Crippen molar-refractivity contribution in [3.8, 4) is 11.5 Å². The molecule has 2 rings (SSSR count). The second-order valence-corrected chi connectivity index (χ2v) is 4.97. The molecule has 0 radical (unpaired) electrons. The maximum atomic E-state index is 10.6. The summed E-state index contributed by atoms with van der Waals surface area (Å²) in [5, 5.41) is 5.56. The number of rotatable bonds is 4. The Bertz CT molecular complexity index is 513. The molecule has 0 unspecified atom stereocenters. The molecule has 0 saturated heterocycles. The lowest BCUT2D eigenvalue weighted by molar-refractivity contribution is -0.115. The average molecular weight is 293 g/mol. The van der Waals surface area contributed by atoms with Gasteiger partial charge in [0, 0.05) is 12.3 Å². The molecule has 0 aliphatic heterocycles. The Morgan fingerprint density at radius 3 is 2.94 bits per heavy atom. The molecule has 0 aliphatic carbocycles. The van der Waals surface area contributed by atoms with E-state index in [1.165, 1.54) is 23.1 Å². The van der Waals surface area contributed by atoms with Crippen LogP contribution in [0.15, 0.2) is 14.2 Å². The fraction of sp³-hybridized carbons (Fsp3) is 0.250. The average Bonchev–Trinajstić information content (AvgIpc) is 2.83. The van der Waals surface area contributed by atoms with Gasteiger partial charge in [0.2, 0.25) is 17.6 Å². The van der Waals surface area contributed by atoms with Gasteiger partial charge in [0.15, 0.2) is 4.34 Å². The summed E-state index contributed by atoms with van der Waals surface area (Å²) in [5.41, 5.74) is 5.69. The predicted octanol–water partition coefficient (Wildman–Crippen LogP) is 1.50. The van der Waals surface area contributed by atoms with Crippen LogP contribution < -0.4 is 5.73 Å². The Hall–Kier alpha value is -1.12. The van der Waals surface area contributed by atoms with E-state index in [-0.39, 0.29) is 24.1 Å². The van der Waals surface area contributed by atoms with Gasteiger partial charge in [-0.1, -0.05) is 16.9 Å². The minimum Gasteiger partial charge on any atom is -0.369 e. The van der Waals surface area contributed by atoms with E-state index >= 15 is 0 Å². The number of carbonyl (C=O) groups is 1. The molecule has 2 N–H and O–H groups in total. The molecule has 2 heterocycles. The maximum absolute atomic E-state index is 10.6. The zero-order chi connectivity index (χ0) is 11.5. The third kappa shape index (κ3) is 3.69. The lowest BCUT2D eigenvalue weighted by Crippen LogP contribution is -2.12. The van der Waals surface area contributed by atoms with E-state index in [0.29, 0.717) is 17.4 Å². The van der Waals surface area contributed by atoms with Crippen molar-refractivity contribution in [2.75, 3.05) is 5.75 Å². The third-order valence-electron chi connectivity index (χ3n) is 1.58. The van der Waals surface area contributed by atoms with Gasteiger partial charge < -0.3 is 10.3 Å². The number of carbonyl (C=O) groups excluding carboxylic acids is 1. The smallest absolute Gasteiger partial charge is 0.227 e. The van der Waals surface area contributed by atoms with Crippen molar-refractivity contribution in [1.29, 1.82) is 0 Å². The zero-order valence-electron chi connectivity index (χ0n) is 8.74. The molecule has 1 amide bonds. The van der Waals surface area contributed by atoms with E-state index in [2.05, 4.69) is 15.1 Å². The molecule has 17 heavy (non-hydrogen) atoms. The van der Waals surface area contributed by atoms with Crippen LogP contribution >= 0.6 is 35.5 Å². The van der Waals surface area contributed by atoms with E-state index in [1.54, 1.807) is 6.92 Å². The summed E-state index contributed by atoms with van der Waals surface area (Å²) in [4.78, 5) is 18.9. The summed E-state index contributed by atoms with van der Waals surface area (Å²) in [6.07, 6.45) is 0. The Labute approximate surface area is 111 Å². The van der Waals surface area contributed by atoms with Gasteiger partial charge in [-0.3, -0.25) is 4.79 Å². The largest absolute Gasteiger partial charge is 0.369 e. The number of thiazole rings is 1. The first-order chi connectivity index (χ1) is 7.65. The van der Waals surface area contributed by atoms with Gasteiger partial charge in [-0.2, -0.15) is 4.98 Å². The number of aryl methyl sites for hydroxylation is 1. The fourth-order valence-electron chi connectivity index (χ4n) is 0.962. The van der Waals surface area contributed by atoms with Crippen molar-refractivity contribution in [3.05, 3.63) is 11.3 Å². The van der Waals surface area contributed by atoms with Gasteiger partial charge in [0.25, 0.3) is 0 Å². The van der Waals surface area contributed by atoms with Gasteiger partial charge in [0.05, 0.1) is 5.75 Å². The van der Waals surface area contributed by atoms with Gasteiger partial charge in [-0.15, -0.1) is 23.7 Å². The van der Waals surface area contributed by atoms with E-state index < -0.39 is 0 Å². The van der Waals surface area contributed by atoms with Crippen LogP contribution in [0.4, 0.5) is 0 Å². The molecule has 0 fully saturated rings. The van der Waals surface area contributed by atoms with Crippen molar-refractivity contribution in [2.24, 2.45) is 5.73 Å². The van der Waals surface area contributed by atoms with E-state index in [1.807, 2.05) is 5.38 Å². The minimum absolute atomic E-state index is 0. The van der Waals surface area contributed by atoms with Crippen molar-refractivity contribution in [3.63, 3.8) is 0 Å². The van der Waals surface area contributed by atoms with Crippen molar-refractivity contribution in [1.82, 2.24) is 15.1 Å². The molecular weight excluding hydrogens is 284 g/mol. The summed E-state index contributed by atoms with van der Waals surface area (Å²) in [6.45, 7) is 1.71. The number of aromatic nitrogens is 3. The Morgan fingerprint density at radius 1 is 1.59 bits per heavy atom. The monoisotopic (exact) mass is 292 g/mol. The molecule has 2 aromatic heterocycles. The number of primary amides is 1. The molecule has 0 spiro atoms. The quantitative estimate of drug-likeness (QED) is 0.858. The number of nitrogens with zero attached hydrogens (tertiary/aromatic N) is 3. The van der Waals surface area contributed by atoms with Crippen molar-refractivity contribution in [2.45, 2.75) is 11.3 Å². The fourth-order valence-corrected chi connectivity index (χ4v) is 2.51. The molecule has 0 bridgehead atoms. The molecule has 2 aromatic rings. The Morgan fingerprint density at radius 2 is 2.35 bits per heavy atom. The lowest BCUT2D eigenvalue weighted by Gasteiger charge is -1.90. The number of halogens is 1. The predicted molar refractivity (Wildman–Crippen MR) is 67.3 cm³/mol. The molecule has 0 atom stereocenters. The zero-order valence-corrected chi connectivity index (χ0v) is 11.2. The van der Waals surface area contributed by atoms with Gasteiger partial charge >= 0.3 is 0 Å². The SMILES string of the molecule is Cc1nc(-c2csc(SCC(N)=O)n2)no1.Cl. The minimum atomic E-state index is -0.364. The summed E-state index contributed by atoms with van der Waals surface area (Å²) in [7, 11) is 0. The molecule has 0 aliphatic rings. The second-order valence-electron chi connectivity index (χ2n) is 2.89. The first-order valence-electron chi connectivity index (χ1n) is 4.32. The van der Waals surface area contributed by atoms with E-state index in [0.717, 1.165) is 4.34 Å². The molecule has 0 saturated carbocycles. The number of nitrogens with two attached hydrogens (primary N) is 1. The first-order valence-corrected chi connectivity index (χ1v) is 6.19. The normalized spacial score (nSPS) is 9.94. The maximum Gasteiger partial charge on any atom is 0.227 e. The van der Waals surface area contributed by atoms with E-state index in [4.69, 9.17) is 10.3 Å². The Balaban J connectivity index is 0.00000144. The first kappa shape index (κ1) is 13.9. The topological polar surface area (TPSA) is 94.9 Å². The highest BCUT2D eigenvalue weighted by Gasteiger charge is 2.10. The van der Waals surface area contributed by atoms with Crippen LogP contribution in [0.25, 0.3) is 11.5 Å². The van der Waals surface area contributed by atoms with Gasteiger partial charge in [-0.25, -0.2) is 4.98 Å². The van der Waals surface area contributed by atoms with Crippen LogP contribution in [0.3, 0.4) is 0 Å². The van der Waals surface area contributed by atoms with Crippen LogP contribution in [-0.4, -0.2) is 26.8 Å². The molecule has 6 nitrogen and oxygen atoms in total. The standard InChI is InChI=1S/C8H8N4O2S2.ClH/c1-4-10-7(12-14-4)5-2-15-8(11-5)16-3-6(9)13;/h2H,3H2,1H3,(H2,9,13);1H. The van der Waals surface area contributed by atoms with Crippen LogP contribution in [0, 0.1) is 6.92 Å². The van der Waals surface area contributed by atoms with Crippen LogP contribution in [0.2, 0.25) is 0 Å².